The van der Waals surface area contributed by atoms with Gasteiger partial charge in [0.2, 0.25) is 0 Å². The van der Waals surface area contributed by atoms with Gasteiger partial charge < -0.3 is 5.11 Å². The number of aliphatic hydroxyl groups is 1. The van der Waals surface area contributed by atoms with E-state index in [4.69, 9.17) is 0 Å². The van der Waals surface area contributed by atoms with Crippen LogP contribution in [-0.2, 0) is 12.8 Å². The highest BCUT2D eigenvalue weighted by molar-refractivity contribution is 5.25. The Kier molecular flexibility index (Phi) is 3.76. The van der Waals surface area contributed by atoms with Gasteiger partial charge in [-0.05, 0) is 11.1 Å². The topological polar surface area (TPSA) is 44.0 Å². The third kappa shape index (κ3) is 3.19. The number of nitriles is 1. The van der Waals surface area contributed by atoms with Crippen LogP contribution in [0.25, 0.3) is 0 Å². The molecule has 90 valence electrons. The summed E-state index contributed by atoms with van der Waals surface area (Å²) in [5, 5.41) is 19.6. The van der Waals surface area contributed by atoms with Gasteiger partial charge in [-0.3, -0.25) is 0 Å². The maximum atomic E-state index is 10.4. The molecule has 18 heavy (non-hydrogen) atoms. The SMILES string of the molecule is N#CC(O)(Cc1ccccc1)Cc1ccccc1. The van der Waals surface area contributed by atoms with Crippen LogP contribution in [0.15, 0.2) is 60.7 Å². The van der Waals surface area contributed by atoms with E-state index < -0.39 is 5.60 Å². The Labute approximate surface area is 107 Å². The predicted octanol–water partition coefficient (Wildman–Crippen LogP) is 2.73. The molecule has 0 aliphatic rings. The predicted molar refractivity (Wildman–Crippen MR) is 70.9 cm³/mol. The molecule has 0 fully saturated rings. The van der Waals surface area contributed by atoms with Crippen LogP contribution in [0.5, 0.6) is 0 Å². The van der Waals surface area contributed by atoms with Crippen molar-refractivity contribution in [2.75, 3.05) is 0 Å². The van der Waals surface area contributed by atoms with Gasteiger partial charge in [-0.15, -0.1) is 0 Å². The number of hydrogen-bond donors (Lipinski definition) is 1. The van der Waals surface area contributed by atoms with Crippen molar-refractivity contribution >= 4 is 0 Å². The van der Waals surface area contributed by atoms with Crippen molar-refractivity contribution in [3.63, 3.8) is 0 Å². The van der Waals surface area contributed by atoms with Crippen LogP contribution >= 0.6 is 0 Å². The second-order valence-corrected chi connectivity index (χ2v) is 4.47. The van der Waals surface area contributed by atoms with Crippen LogP contribution in [-0.4, -0.2) is 10.7 Å². The van der Waals surface area contributed by atoms with E-state index in [2.05, 4.69) is 0 Å². The van der Waals surface area contributed by atoms with Gasteiger partial charge in [-0.2, -0.15) is 5.26 Å². The molecule has 0 radical (unpaired) electrons. The van der Waals surface area contributed by atoms with Gasteiger partial charge in [0.1, 0.15) is 0 Å². The zero-order valence-electron chi connectivity index (χ0n) is 10.1. The third-order valence-corrected chi connectivity index (χ3v) is 2.89. The molecule has 2 heteroatoms. The maximum absolute atomic E-state index is 10.4. The van der Waals surface area contributed by atoms with Gasteiger partial charge in [0.05, 0.1) is 6.07 Å². The molecule has 0 aromatic heterocycles. The van der Waals surface area contributed by atoms with Crippen LogP contribution in [0.2, 0.25) is 0 Å². The summed E-state index contributed by atoms with van der Waals surface area (Å²) in [4.78, 5) is 0. The number of rotatable bonds is 4. The van der Waals surface area contributed by atoms with Crippen molar-refractivity contribution in [2.24, 2.45) is 0 Å². The number of nitrogens with zero attached hydrogens (tertiary/aromatic N) is 1. The lowest BCUT2D eigenvalue weighted by molar-refractivity contribution is 0.0997. The summed E-state index contributed by atoms with van der Waals surface area (Å²) in [6, 6.07) is 21.2. The average molecular weight is 237 g/mol. The summed E-state index contributed by atoms with van der Waals surface area (Å²) < 4.78 is 0. The van der Waals surface area contributed by atoms with Crippen molar-refractivity contribution < 1.29 is 5.11 Å². The monoisotopic (exact) mass is 237 g/mol. The lowest BCUT2D eigenvalue weighted by Gasteiger charge is -2.20. The van der Waals surface area contributed by atoms with Crippen molar-refractivity contribution in [3.8, 4) is 6.07 Å². The Morgan fingerprint density at radius 1 is 0.833 bits per heavy atom. The van der Waals surface area contributed by atoms with E-state index in [-0.39, 0.29) is 0 Å². The zero-order chi connectivity index (χ0) is 12.8. The second kappa shape index (κ2) is 5.48. The molecule has 2 aromatic rings. The number of benzene rings is 2. The quantitative estimate of drug-likeness (QED) is 0.831. The minimum Gasteiger partial charge on any atom is -0.375 e. The van der Waals surface area contributed by atoms with E-state index in [9.17, 15) is 10.4 Å². The summed E-state index contributed by atoms with van der Waals surface area (Å²) in [6.45, 7) is 0. The van der Waals surface area contributed by atoms with Crippen LogP contribution in [0.4, 0.5) is 0 Å². The molecule has 0 heterocycles. The summed E-state index contributed by atoms with van der Waals surface area (Å²) in [5.74, 6) is 0. The first-order valence-electron chi connectivity index (χ1n) is 5.93. The first-order chi connectivity index (χ1) is 8.72. The smallest absolute Gasteiger partial charge is 0.159 e. The zero-order valence-corrected chi connectivity index (χ0v) is 10.1. The normalized spacial score (nSPS) is 10.9. The molecular weight excluding hydrogens is 222 g/mol. The Balaban J connectivity index is 2.14. The molecule has 0 aliphatic heterocycles. The fourth-order valence-corrected chi connectivity index (χ4v) is 2.01. The molecule has 2 aromatic carbocycles. The molecule has 0 unspecified atom stereocenters. The first kappa shape index (κ1) is 12.3. The minimum atomic E-state index is -1.34. The van der Waals surface area contributed by atoms with Crippen molar-refractivity contribution in [3.05, 3.63) is 71.8 Å². The van der Waals surface area contributed by atoms with Gasteiger partial charge in [-0.25, -0.2) is 0 Å². The number of hydrogen-bond acceptors (Lipinski definition) is 2. The van der Waals surface area contributed by atoms with E-state index in [1.54, 1.807) is 0 Å². The van der Waals surface area contributed by atoms with Crippen LogP contribution in [0, 0.1) is 11.3 Å². The highest BCUT2D eigenvalue weighted by Gasteiger charge is 2.27. The molecule has 0 aliphatic carbocycles. The van der Waals surface area contributed by atoms with E-state index in [0.717, 1.165) is 11.1 Å². The van der Waals surface area contributed by atoms with E-state index in [0.29, 0.717) is 12.8 Å². The first-order valence-corrected chi connectivity index (χ1v) is 5.93. The maximum Gasteiger partial charge on any atom is 0.159 e. The Hall–Kier alpha value is -2.11. The summed E-state index contributed by atoms with van der Waals surface area (Å²) >= 11 is 0. The van der Waals surface area contributed by atoms with Gasteiger partial charge in [0.25, 0.3) is 0 Å². The molecule has 0 saturated heterocycles. The van der Waals surface area contributed by atoms with E-state index in [1.807, 2.05) is 66.7 Å². The molecule has 0 spiro atoms. The van der Waals surface area contributed by atoms with Crippen molar-refractivity contribution in [2.45, 2.75) is 18.4 Å². The summed E-state index contributed by atoms with van der Waals surface area (Å²) in [6.07, 6.45) is 0.693. The summed E-state index contributed by atoms with van der Waals surface area (Å²) in [5.41, 5.74) is 0.595. The summed E-state index contributed by atoms with van der Waals surface area (Å²) in [7, 11) is 0. The third-order valence-electron chi connectivity index (χ3n) is 2.89. The molecule has 2 nitrogen and oxygen atoms in total. The molecule has 2 rings (SSSR count). The van der Waals surface area contributed by atoms with Crippen LogP contribution in [0.1, 0.15) is 11.1 Å². The highest BCUT2D eigenvalue weighted by Crippen LogP contribution is 2.18. The molecular formula is C16H15NO. The van der Waals surface area contributed by atoms with Gasteiger partial charge in [0.15, 0.2) is 5.60 Å². The van der Waals surface area contributed by atoms with Gasteiger partial charge in [0, 0.05) is 12.8 Å². The average Bonchev–Trinajstić information content (AvgIpc) is 2.41. The Bertz CT molecular complexity index is 487. The molecule has 1 N–H and O–H groups in total. The molecule has 0 saturated carbocycles. The minimum absolute atomic E-state index is 0.346. The van der Waals surface area contributed by atoms with Gasteiger partial charge in [-0.1, -0.05) is 60.7 Å². The fraction of sp³-hybridized carbons (Fsp3) is 0.188. The molecule has 0 atom stereocenters. The Morgan fingerprint density at radius 2 is 1.22 bits per heavy atom. The lowest BCUT2D eigenvalue weighted by Crippen LogP contribution is -2.32. The fourth-order valence-electron chi connectivity index (χ4n) is 2.01. The van der Waals surface area contributed by atoms with Crippen LogP contribution in [0.3, 0.4) is 0 Å². The van der Waals surface area contributed by atoms with Gasteiger partial charge >= 0.3 is 0 Å². The molecule has 0 amide bonds. The lowest BCUT2D eigenvalue weighted by atomic mass is 9.89. The highest BCUT2D eigenvalue weighted by atomic mass is 16.3. The molecule has 0 bridgehead atoms. The second-order valence-electron chi connectivity index (χ2n) is 4.47. The van der Waals surface area contributed by atoms with Crippen molar-refractivity contribution in [1.82, 2.24) is 0 Å². The van der Waals surface area contributed by atoms with Crippen LogP contribution < -0.4 is 0 Å². The van der Waals surface area contributed by atoms with E-state index in [1.165, 1.54) is 0 Å². The van der Waals surface area contributed by atoms with Crippen molar-refractivity contribution in [1.29, 1.82) is 5.26 Å². The Morgan fingerprint density at radius 3 is 1.56 bits per heavy atom. The largest absolute Gasteiger partial charge is 0.375 e. The standard InChI is InChI=1S/C16H15NO/c17-13-16(18,11-14-7-3-1-4-8-14)12-15-9-5-2-6-10-15/h1-10,18H,11-12H2. The van der Waals surface area contributed by atoms with E-state index >= 15 is 0 Å².